The van der Waals surface area contributed by atoms with Crippen molar-refractivity contribution < 1.29 is 19.8 Å². The number of benzene rings is 1. The van der Waals surface area contributed by atoms with Crippen LogP contribution in [0.4, 0.5) is 0 Å². The molecule has 0 aliphatic carbocycles. The second kappa shape index (κ2) is 7.90. The Hall–Kier alpha value is -1.72. The normalized spacial score (nSPS) is 11.2. The van der Waals surface area contributed by atoms with Gasteiger partial charge in [-0.1, -0.05) is 24.3 Å². The van der Waals surface area contributed by atoms with Crippen LogP contribution in [-0.4, -0.2) is 41.7 Å². The zero-order valence-corrected chi connectivity index (χ0v) is 12.6. The van der Waals surface area contributed by atoms with Gasteiger partial charge in [-0.3, -0.25) is 9.59 Å². The first-order valence-electron chi connectivity index (χ1n) is 7.03. The van der Waals surface area contributed by atoms with Gasteiger partial charge in [0.2, 0.25) is 5.91 Å². The quantitative estimate of drug-likeness (QED) is 0.608. The standard InChI is InChI=1S/C16H23NO4/c1-16(2,15(21)17-8-10-19)14(20)11-13-6-4-3-5-12(13)7-9-18/h3-6,18-19H,7-11H2,1-2H3,(H,17,21). The van der Waals surface area contributed by atoms with E-state index in [-0.39, 0.29) is 37.9 Å². The molecule has 1 aromatic rings. The first-order valence-corrected chi connectivity index (χ1v) is 7.03. The third-order valence-corrected chi connectivity index (χ3v) is 3.51. The summed E-state index contributed by atoms with van der Waals surface area (Å²) >= 11 is 0. The van der Waals surface area contributed by atoms with Crippen LogP contribution >= 0.6 is 0 Å². The molecule has 116 valence electrons. The topological polar surface area (TPSA) is 86.6 Å². The molecular formula is C16H23NO4. The maximum absolute atomic E-state index is 12.4. The zero-order chi connectivity index (χ0) is 15.9. The van der Waals surface area contributed by atoms with Gasteiger partial charge in [0.1, 0.15) is 5.41 Å². The van der Waals surface area contributed by atoms with Crippen LogP contribution < -0.4 is 5.32 Å². The molecule has 0 heterocycles. The van der Waals surface area contributed by atoms with E-state index in [1.165, 1.54) is 0 Å². The summed E-state index contributed by atoms with van der Waals surface area (Å²) in [5.41, 5.74) is 0.598. The van der Waals surface area contributed by atoms with Gasteiger partial charge in [0.25, 0.3) is 0 Å². The van der Waals surface area contributed by atoms with Gasteiger partial charge in [-0.15, -0.1) is 0 Å². The van der Waals surface area contributed by atoms with Gasteiger partial charge >= 0.3 is 0 Å². The number of ketones is 1. The molecule has 21 heavy (non-hydrogen) atoms. The molecule has 1 rings (SSSR count). The average Bonchev–Trinajstić information content (AvgIpc) is 2.46. The number of hydrogen-bond donors (Lipinski definition) is 3. The lowest BCUT2D eigenvalue weighted by Crippen LogP contribution is -2.44. The van der Waals surface area contributed by atoms with E-state index in [0.717, 1.165) is 11.1 Å². The van der Waals surface area contributed by atoms with Gasteiger partial charge in [-0.2, -0.15) is 0 Å². The summed E-state index contributed by atoms with van der Waals surface area (Å²) in [5, 5.41) is 20.3. The Morgan fingerprint density at radius 1 is 1.10 bits per heavy atom. The Bertz CT molecular complexity index is 497. The highest BCUT2D eigenvalue weighted by molar-refractivity contribution is 6.06. The van der Waals surface area contributed by atoms with Crippen molar-refractivity contribution in [2.24, 2.45) is 5.41 Å². The van der Waals surface area contributed by atoms with Crippen LogP contribution in [-0.2, 0) is 22.4 Å². The molecule has 3 N–H and O–H groups in total. The van der Waals surface area contributed by atoms with Crippen LogP contribution in [0.3, 0.4) is 0 Å². The lowest BCUT2D eigenvalue weighted by molar-refractivity contribution is -0.139. The molecule has 1 aromatic carbocycles. The number of carbonyl (C=O) groups excluding carboxylic acids is 2. The second-order valence-corrected chi connectivity index (χ2v) is 5.45. The number of carbonyl (C=O) groups is 2. The summed E-state index contributed by atoms with van der Waals surface area (Å²) in [6, 6.07) is 7.41. The first kappa shape index (κ1) is 17.3. The van der Waals surface area contributed by atoms with Crippen molar-refractivity contribution in [2.45, 2.75) is 26.7 Å². The van der Waals surface area contributed by atoms with Crippen molar-refractivity contribution in [3.63, 3.8) is 0 Å². The zero-order valence-electron chi connectivity index (χ0n) is 12.6. The second-order valence-electron chi connectivity index (χ2n) is 5.45. The Balaban J connectivity index is 2.82. The number of rotatable bonds is 8. The predicted molar refractivity (Wildman–Crippen MR) is 79.8 cm³/mol. The van der Waals surface area contributed by atoms with Crippen LogP contribution in [0.5, 0.6) is 0 Å². The monoisotopic (exact) mass is 293 g/mol. The van der Waals surface area contributed by atoms with Crippen molar-refractivity contribution >= 4 is 11.7 Å². The van der Waals surface area contributed by atoms with Crippen LogP contribution in [0.15, 0.2) is 24.3 Å². The maximum atomic E-state index is 12.4. The van der Waals surface area contributed by atoms with Gasteiger partial charge in [0.15, 0.2) is 5.78 Å². The number of aliphatic hydroxyl groups is 2. The molecule has 5 heteroatoms. The van der Waals surface area contributed by atoms with Gasteiger partial charge in [0.05, 0.1) is 6.61 Å². The van der Waals surface area contributed by atoms with E-state index in [1.54, 1.807) is 13.8 Å². The molecule has 0 fully saturated rings. The van der Waals surface area contributed by atoms with Crippen LogP contribution in [0.2, 0.25) is 0 Å². The van der Waals surface area contributed by atoms with Crippen molar-refractivity contribution in [3.05, 3.63) is 35.4 Å². The number of aliphatic hydroxyl groups excluding tert-OH is 2. The third kappa shape index (κ3) is 4.65. The highest BCUT2D eigenvalue weighted by Gasteiger charge is 2.35. The molecule has 0 atom stereocenters. The fourth-order valence-corrected chi connectivity index (χ4v) is 2.01. The molecule has 0 bridgehead atoms. The number of nitrogens with one attached hydrogen (secondary N) is 1. The molecule has 0 saturated carbocycles. The molecule has 0 aliphatic heterocycles. The van der Waals surface area contributed by atoms with Gasteiger partial charge < -0.3 is 15.5 Å². The van der Waals surface area contributed by atoms with E-state index in [0.29, 0.717) is 6.42 Å². The van der Waals surface area contributed by atoms with E-state index in [9.17, 15) is 9.59 Å². The maximum Gasteiger partial charge on any atom is 0.233 e. The molecule has 0 aliphatic rings. The minimum absolute atomic E-state index is 0.0194. The third-order valence-electron chi connectivity index (χ3n) is 3.51. The summed E-state index contributed by atoms with van der Waals surface area (Å²) in [6.45, 7) is 3.16. The van der Waals surface area contributed by atoms with Crippen molar-refractivity contribution in [2.75, 3.05) is 19.8 Å². The fraction of sp³-hybridized carbons (Fsp3) is 0.500. The van der Waals surface area contributed by atoms with Crippen LogP contribution in [0.1, 0.15) is 25.0 Å². The minimum atomic E-state index is -1.15. The van der Waals surface area contributed by atoms with Crippen molar-refractivity contribution in [1.29, 1.82) is 0 Å². The van der Waals surface area contributed by atoms with Gasteiger partial charge in [-0.05, 0) is 31.4 Å². The number of amides is 1. The smallest absolute Gasteiger partial charge is 0.233 e. The van der Waals surface area contributed by atoms with Gasteiger partial charge in [0, 0.05) is 19.6 Å². The van der Waals surface area contributed by atoms with E-state index >= 15 is 0 Å². The highest BCUT2D eigenvalue weighted by atomic mass is 16.3. The summed E-state index contributed by atoms with van der Waals surface area (Å²) in [5.74, 6) is -0.579. The van der Waals surface area contributed by atoms with Gasteiger partial charge in [-0.25, -0.2) is 0 Å². The van der Waals surface area contributed by atoms with Crippen LogP contribution in [0.25, 0.3) is 0 Å². The van der Waals surface area contributed by atoms with Crippen molar-refractivity contribution in [3.8, 4) is 0 Å². The molecule has 0 unspecified atom stereocenters. The molecule has 1 amide bonds. The Morgan fingerprint density at radius 2 is 1.71 bits per heavy atom. The molecular weight excluding hydrogens is 270 g/mol. The van der Waals surface area contributed by atoms with E-state index in [4.69, 9.17) is 10.2 Å². The van der Waals surface area contributed by atoms with E-state index in [1.807, 2.05) is 24.3 Å². The van der Waals surface area contributed by atoms with E-state index < -0.39 is 5.41 Å². The number of Topliss-reactive ketones (excluding diaryl/α,β-unsaturated/α-hetero) is 1. The highest BCUT2D eigenvalue weighted by Crippen LogP contribution is 2.21. The molecule has 0 saturated heterocycles. The number of hydrogen-bond acceptors (Lipinski definition) is 4. The fourth-order valence-electron chi connectivity index (χ4n) is 2.01. The lowest BCUT2D eigenvalue weighted by Gasteiger charge is -2.22. The minimum Gasteiger partial charge on any atom is -0.396 e. The Kier molecular flexibility index (Phi) is 6.52. The summed E-state index contributed by atoms with van der Waals surface area (Å²) in [4.78, 5) is 24.4. The first-order chi connectivity index (χ1) is 9.93. The Labute approximate surface area is 125 Å². The summed E-state index contributed by atoms with van der Waals surface area (Å²) in [7, 11) is 0. The summed E-state index contributed by atoms with van der Waals surface area (Å²) < 4.78 is 0. The Morgan fingerprint density at radius 3 is 2.29 bits per heavy atom. The SMILES string of the molecule is CC(C)(C(=O)Cc1ccccc1CCO)C(=O)NCCO. The van der Waals surface area contributed by atoms with E-state index in [2.05, 4.69) is 5.32 Å². The van der Waals surface area contributed by atoms with Crippen LogP contribution in [0, 0.1) is 5.41 Å². The molecule has 5 nitrogen and oxygen atoms in total. The van der Waals surface area contributed by atoms with Crippen molar-refractivity contribution in [1.82, 2.24) is 5.32 Å². The lowest BCUT2D eigenvalue weighted by atomic mass is 9.83. The predicted octanol–water partition coefficient (Wildman–Crippen LogP) is 0.468. The molecule has 0 radical (unpaired) electrons. The average molecular weight is 293 g/mol. The largest absolute Gasteiger partial charge is 0.396 e. The summed E-state index contributed by atoms with van der Waals surface area (Å²) in [6.07, 6.45) is 0.635. The molecule has 0 aromatic heterocycles. The molecule has 0 spiro atoms.